The molecule has 0 saturated heterocycles. The van der Waals surface area contributed by atoms with Crippen LogP contribution in [0.25, 0.3) is 0 Å². The third-order valence-electron chi connectivity index (χ3n) is 3.23. The molecule has 2 aromatic rings. The zero-order chi connectivity index (χ0) is 16.1. The van der Waals surface area contributed by atoms with E-state index >= 15 is 0 Å². The first-order valence-corrected chi connectivity index (χ1v) is 6.87. The van der Waals surface area contributed by atoms with Crippen LogP contribution in [0.1, 0.15) is 35.6 Å². The Morgan fingerprint density at radius 2 is 2.23 bits per heavy atom. The number of aliphatic hydroxyl groups excluding tert-OH is 1. The van der Waals surface area contributed by atoms with Crippen LogP contribution < -0.4 is 10.1 Å². The van der Waals surface area contributed by atoms with E-state index in [-0.39, 0.29) is 23.8 Å². The summed E-state index contributed by atoms with van der Waals surface area (Å²) in [6.45, 7) is 1.75. The molecule has 2 N–H and O–H groups in total. The van der Waals surface area contributed by atoms with Gasteiger partial charge in [-0.15, -0.1) is 0 Å². The quantitative estimate of drug-likeness (QED) is 0.860. The van der Waals surface area contributed by atoms with Crippen molar-refractivity contribution in [3.05, 3.63) is 53.7 Å². The largest absolute Gasteiger partial charge is 0.496 e. The summed E-state index contributed by atoms with van der Waals surface area (Å²) in [5.41, 5.74) is 0.113. The fourth-order valence-electron chi connectivity index (χ4n) is 2.15. The topological polar surface area (TPSA) is 71.7 Å². The van der Waals surface area contributed by atoms with Gasteiger partial charge in [-0.25, -0.2) is 4.39 Å². The molecule has 0 saturated carbocycles. The number of methoxy groups -OCH3 is 1. The van der Waals surface area contributed by atoms with E-state index in [2.05, 4.69) is 5.32 Å². The van der Waals surface area contributed by atoms with Crippen LogP contribution in [0.5, 0.6) is 5.75 Å². The maximum atomic E-state index is 13.3. The summed E-state index contributed by atoms with van der Waals surface area (Å²) in [6.07, 6.45) is 0.927. The number of nitrogens with one attached hydrogen (secondary N) is 1. The predicted octanol–water partition coefficient (Wildman–Crippen LogP) is 2.67. The molecule has 6 heteroatoms. The first kappa shape index (κ1) is 16.0. The van der Waals surface area contributed by atoms with Crippen molar-refractivity contribution in [1.29, 1.82) is 0 Å². The zero-order valence-electron chi connectivity index (χ0n) is 12.4. The molecule has 5 nitrogen and oxygen atoms in total. The van der Waals surface area contributed by atoms with Crippen LogP contribution in [0.15, 0.2) is 41.0 Å². The second kappa shape index (κ2) is 7.09. The van der Waals surface area contributed by atoms with E-state index in [4.69, 9.17) is 9.15 Å². The Bertz CT molecular complexity index is 627. The highest BCUT2D eigenvalue weighted by atomic mass is 19.1. The highest BCUT2D eigenvalue weighted by molar-refractivity contribution is 5.97. The fraction of sp³-hybridized carbons (Fsp3) is 0.312. The smallest absolute Gasteiger partial charge is 0.255 e. The average Bonchev–Trinajstić information content (AvgIpc) is 3.01. The molecular weight excluding hydrogens is 289 g/mol. The highest BCUT2D eigenvalue weighted by Crippen LogP contribution is 2.21. The van der Waals surface area contributed by atoms with E-state index in [0.29, 0.717) is 5.76 Å². The maximum absolute atomic E-state index is 13.3. The Morgan fingerprint density at radius 1 is 1.45 bits per heavy atom. The number of rotatable bonds is 6. The van der Waals surface area contributed by atoms with E-state index in [1.807, 2.05) is 0 Å². The Balaban J connectivity index is 2.01. The molecule has 1 heterocycles. The summed E-state index contributed by atoms with van der Waals surface area (Å²) >= 11 is 0. The molecule has 1 aromatic heterocycles. The molecular formula is C16H18FNO4. The monoisotopic (exact) mass is 307 g/mol. The van der Waals surface area contributed by atoms with Gasteiger partial charge in [0.05, 0.1) is 18.9 Å². The number of amides is 1. The Morgan fingerprint density at radius 3 is 2.86 bits per heavy atom. The molecule has 1 amide bonds. The first-order valence-electron chi connectivity index (χ1n) is 6.87. The molecule has 0 fully saturated rings. The van der Waals surface area contributed by atoms with Gasteiger partial charge in [0.1, 0.15) is 23.4 Å². The summed E-state index contributed by atoms with van der Waals surface area (Å²) in [5, 5.41) is 12.7. The maximum Gasteiger partial charge on any atom is 0.255 e. The number of benzene rings is 1. The van der Waals surface area contributed by atoms with E-state index in [0.717, 1.165) is 6.07 Å². The molecule has 1 aromatic carbocycles. The lowest BCUT2D eigenvalue weighted by Gasteiger charge is -2.17. The number of carbonyl (C=O) groups excluding carboxylic acids is 1. The normalized spacial score (nSPS) is 13.5. The number of ether oxygens (including phenoxy) is 1. The molecule has 0 aliphatic carbocycles. The summed E-state index contributed by atoms with van der Waals surface area (Å²) in [7, 11) is 1.41. The van der Waals surface area contributed by atoms with Crippen molar-refractivity contribution in [2.45, 2.75) is 25.5 Å². The molecule has 0 radical (unpaired) electrons. The minimum Gasteiger partial charge on any atom is -0.496 e. The van der Waals surface area contributed by atoms with Gasteiger partial charge in [-0.05, 0) is 37.3 Å². The lowest BCUT2D eigenvalue weighted by Crippen LogP contribution is -2.34. The van der Waals surface area contributed by atoms with Gasteiger partial charge >= 0.3 is 0 Å². The summed E-state index contributed by atoms with van der Waals surface area (Å²) in [4.78, 5) is 12.2. The van der Waals surface area contributed by atoms with Crippen molar-refractivity contribution in [3.63, 3.8) is 0 Å². The van der Waals surface area contributed by atoms with E-state index in [1.54, 1.807) is 19.1 Å². The molecule has 0 aliphatic rings. The molecule has 2 unspecified atom stereocenters. The van der Waals surface area contributed by atoms with Crippen LogP contribution in [0, 0.1) is 5.82 Å². The number of furan rings is 1. The van der Waals surface area contributed by atoms with Gasteiger partial charge < -0.3 is 19.6 Å². The van der Waals surface area contributed by atoms with E-state index < -0.39 is 17.8 Å². The van der Waals surface area contributed by atoms with Crippen LogP contribution in [0.3, 0.4) is 0 Å². The van der Waals surface area contributed by atoms with Gasteiger partial charge in [-0.1, -0.05) is 0 Å². The Labute approximate surface area is 127 Å². The van der Waals surface area contributed by atoms with Crippen LogP contribution in [0.4, 0.5) is 4.39 Å². The van der Waals surface area contributed by atoms with Crippen molar-refractivity contribution in [3.8, 4) is 5.75 Å². The van der Waals surface area contributed by atoms with Gasteiger partial charge in [0.2, 0.25) is 0 Å². The summed E-state index contributed by atoms with van der Waals surface area (Å²) in [5.74, 6) is -0.258. The number of carbonyl (C=O) groups is 1. The summed E-state index contributed by atoms with van der Waals surface area (Å²) in [6, 6.07) is 6.74. The van der Waals surface area contributed by atoms with Crippen LogP contribution >= 0.6 is 0 Å². The van der Waals surface area contributed by atoms with Crippen molar-refractivity contribution < 1.29 is 23.4 Å². The fourth-order valence-corrected chi connectivity index (χ4v) is 2.15. The molecule has 22 heavy (non-hydrogen) atoms. The molecule has 118 valence electrons. The van der Waals surface area contributed by atoms with Crippen molar-refractivity contribution >= 4 is 5.91 Å². The lowest BCUT2D eigenvalue weighted by molar-refractivity contribution is 0.0900. The van der Waals surface area contributed by atoms with E-state index in [9.17, 15) is 14.3 Å². The standard InChI is InChI=1S/C16H18FNO4/c1-10(8-13(19)15-4-3-7-22-15)18-16(20)12-9-11(17)5-6-14(12)21-2/h3-7,9-10,13,19H,8H2,1-2H3,(H,18,20). The highest BCUT2D eigenvalue weighted by Gasteiger charge is 2.19. The summed E-state index contributed by atoms with van der Waals surface area (Å²) < 4.78 is 23.4. The number of hydrogen-bond donors (Lipinski definition) is 2. The van der Waals surface area contributed by atoms with Crippen LogP contribution in [0.2, 0.25) is 0 Å². The van der Waals surface area contributed by atoms with Gasteiger partial charge in [0, 0.05) is 12.5 Å². The van der Waals surface area contributed by atoms with Gasteiger partial charge in [0.15, 0.2) is 0 Å². The second-order valence-electron chi connectivity index (χ2n) is 4.99. The zero-order valence-corrected chi connectivity index (χ0v) is 12.4. The minimum absolute atomic E-state index is 0.113. The second-order valence-corrected chi connectivity index (χ2v) is 4.99. The molecule has 0 bridgehead atoms. The minimum atomic E-state index is -0.820. The van der Waals surface area contributed by atoms with Gasteiger partial charge in [-0.2, -0.15) is 0 Å². The van der Waals surface area contributed by atoms with E-state index in [1.165, 1.54) is 25.5 Å². The van der Waals surface area contributed by atoms with Crippen molar-refractivity contribution in [2.75, 3.05) is 7.11 Å². The predicted molar refractivity (Wildman–Crippen MR) is 78.2 cm³/mol. The van der Waals surface area contributed by atoms with Gasteiger partial charge in [-0.3, -0.25) is 4.79 Å². The number of hydrogen-bond acceptors (Lipinski definition) is 4. The first-order chi connectivity index (χ1) is 10.5. The SMILES string of the molecule is COc1ccc(F)cc1C(=O)NC(C)CC(O)c1ccco1. The lowest BCUT2D eigenvalue weighted by atomic mass is 10.1. The number of halogens is 1. The van der Waals surface area contributed by atoms with Crippen LogP contribution in [-0.2, 0) is 0 Å². The van der Waals surface area contributed by atoms with Crippen molar-refractivity contribution in [2.24, 2.45) is 0 Å². The Hall–Kier alpha value is -2.34. The third kappa shape index (κ3) is 3.85. The third-order valence-corrected chi connectivity index (χ3v) is 3.23. The molecule has 0 aliphatic heterocycles. The van der Waals surface area contributed by atoms with Crippen LogP contribution in [-0.4, -0.2) is 24.2 Å². The van der Waals surface area contributed by atoms with Gasteiger partial charge in [0.25, 0.3) is 5.91 Å². The molecule has 2 rings (SSSR count). The average molecular weight is 307 g/mol. The number of aliphatic hydroxyl groups is 1. The molecule has 0 spiro atoms. The Kier molecular flexibility index (Phi) is 5.16. The molecule has 2 atom stereocenters. The van der Waals surface area contributed by atoms with Crippen molar-refractivity contribution in [1.82, 2.24) is 5.32 Å².